The Morgan fingerprint density at radius 2 is 2.43 bits per heavy atom. The number of pyridine rings is 1. The molecule has 0 fully saturated rings. The number of nitrogens with one attached hydrogen (secondary N) is 1. The number of aromatic nitrogens is 3. The van der Waals surface area contributed by atoms with E-state index in [0.717, 1.165) is 5.82 Å². The highest BCUT2D eigenvalue weighted by Crippen LogP contribution is 1.97. The van der Waals surface area contributed by atoms with E-state index in [9.17, 15) is 4.79 Å². The monoisotopic (exact) mass is 193 g/mol. The molecule has 14 heavy (non-hydrogen) atoms. The van der Waals surface area contributed by atoms with Crippen LogP contribution in [-0.4, -0.2) is 28.3 Å². The number of nitrogens with zero attached hydrogens (tertiary/aromatic N) is 2. The fourth-order valence-corrected chi connectivity index (χ4v) is 1.28. The zero-order valence-electron chi connectivity index (χ0n) is 7.86. The molecule has 0 spiro atoms. The Balaban J connectivity index is 2.41. The molecule has 0 unspecified atom stereocenters. The van der Waals surface area contributed by atoms with Crippen LogP contribution >= 0.6 is 0 Å². The molecule has 0 saturated heterocycles. The molecule has 0 aromatic carbocycles. The molecule has 0 aliphatic rings. The Kier molecular flexibility index (Phi) is 2.32. The van der Waals surface area contributed by atoms with Crippen molar-refractivity contribution in [3.63, 3.8) is 0 Å². The van der Waals surface area contributed by atoms with E-state index >= 15 is 0 Å². The predicted molar refractivity (Wildman–Crippen MR) is 51.4 cm³/mol. The zero-order chi connectivity index (χ0) is 9.97. The zero-order valence-corrected chi connectivity index (χ0v) is 7.86. The van der Waals surface area contributed by atoms with Crippen molar-refractivity contribution in [1.29, 1.82) is 0 Å². The van der Waals surface area contributed by atoms with E-state index < -0.39 is 0 Å². The lowest BCUT2D eigenvalue weighted by molar-refractivity contribution is 0.200. The number of fused-ring (bicyclic) bond motifs is 1. The summed E-state index contributed by atoms with van der Waals surface area (Å²) >= 11 is 0. The second-order valence-corrected chi connectivity index (χ2v) is 2.97. The lowest BCUT2D eigenvalue weighted by Crippen LogP contribution is -2.11. The third-order valence-electron chi connectivity index (χ3n) is 1.97. The van der Waals surface area contributed by atoms with Crippen molar-refractivity contribution in [2.24, 2.45) is 0 Å². The summed E-state index contributed by atoms with van der Waals surface area (Å²) in [5.41, 5.74) is 0.544. The first kappa shape index (κ1) is 8.96. The minimum atomic E-state index is -0.0985. The fraction of sp³-hybridized carbons (Fsp3) is 0.333. The number of hydrogen-bond donors (Lipinski definition) is 1. The summed E-state index contributed by atoms with van der Waals surface area (Å²) in [4.78, 5) is 15.6. The summed E-state index contributed by atoms with van der Waals surface area (Å²) in [6.45, 7) is 0.592. The van der Waals surface area contributed by atoms with Gasteiger partial charge in [-0.3, -0.25) is 9.89 Å². The smallest absolute Gasteiger partial charge is 0.271 e. The molecule has 2 rings (SSSR count). The van der Waals surface area contributed by atoms with Crippen LogP contribution in [0.1, 0.15) is 5.82 Å². The molecule has 0 atom stereocenters. The first-order chi connectivity index (χ1) is 6.81. The SMILES string of the molecule is COCCc1nc2cccc(=O)n2[nH]1. The first-order valence-corrected chi connectivity index (χ1v) is 4.37. The van der Waals surface area contributed by atoms with E-state index in [4.69, 9.17) is 4.74 Å². The van der Waals surface area contributed by atoms with Gasteiger partial charge < -0.3 is 4.74 Å². The van der Waals surface area contributed by atoms with Crippen molar-refractivity contribution in [3.8, 4) is 0 Å². The number of rotatable bonds is 3. The summed E-state index contributed by atoms with van der Waals surface area (Å²) < 4.78 is 6.35. The second kappa shape index (κ2) is 3.63. The van der Waals surface area contributed by atoms with Crippen LogP contribution in [0.2, 0.25) is 0 Å². The maximum Gasteiger partial charge on any atom is 0.271 e. The number of methoxy groups -OCH3 is 1. The maximum atomic E-state index is 11.3. The van der Waals surface area contributed by atoms with Crippen LogP contribution < -0.4 is 5.56 Å². The highest BCUT2D eigenvalue weighted by Gasteiger charge is 2.02. The Labute approximate surface area is 80.3 Å². The molecule has 5 nitrogen and oxygen atoms in total. The maximum absolute atomic E-state index is 11.3. The minimum Gasteiger partial charge on any atom is -0.384 e. The van der Waals surface area contributed by atoms with E-state index in [-0.39, 0.29) is 5.56 Å². The van der Waals surface area contributed by atoms with Gasteiger partial charge in [-0.1, -0.05) is 6.07 Å². The quantitative estimate of drug-likeness (QED) is 0.758. The number of aromatic amines is 1. The molecule has 2 heterocycles. The molecule has 1 N–H and O–H groups in total. The van der Waals surface area contributed by atoms with Gasteiger partial charge in [0, 0.05) is 19.6 Å². The molecule has 0 amide bonds. The third kappa shape index (κ3) is 1.54. The lowest BCUT2D eigenvalue weighted by Gasteiger charge is -1.92. The van der Waals surface area contributed by atoms with E-state index in [1.165, 1.54) is 10.6 Å². The highest BCUT2D eigenvalue weighted by atomic mass is 16.5. The summed E-state index contributed by atoms with van der Waals surface area (Å²) in [5.74, 6) is 0.759. The van der Waals surface area contributed by atoms with Crippen molar-refractivity contribution >= 4 is 5.65 Å². The fourth-order valence-electron chi connectivity index (χ4n) is 1.28. The van der Waals surface area contributed by atoms with E-state index in [2.05, 4.69) is 10.1 Å². The van der Waals surface area contributed by atoms with Crippen molar-refractivity contribution in [2.45, 2.75) is 6.42 Å². The standard InChI is InChI=1S/C9H11N3O2/c1-14-6-5-7-10-8-3-2-4-9(13)12(8)11-7/h2-4H,5-6H2,1H3,(H,10,11). The van der Waals surface area contributed by atoms with E-state index in [1.807, 2.05) is 0 Å². The average Bonchev–Trinajstić information content (AvgIpc) is 2.59. The van der Waals surface area contributed by atoms with Crippen LogP contribution in [-0.2, 0) is 11.2 Å². The summed E-state index contributed by atoms with van der Waals surface area (Å²) in [6, 6.07) is 4.97. The molecule has 74 valence electrons. The number of H-pyrrole nitrogens is 1. The molecule has 2 aromatic heterocycles. The number of ether oxygens (including phenoxy) is 1. The largest absolute Gasteiger partial charge is 0.384 e. The van der Waals surface area contributed by atoms with Crippen molar-refractivity contribution < 1.29 is 4.74 Å². The average molecular weight is 193 g/mol. The Bertz CT molecular complexity index is 486. The predicted octanol–water partition coefficient (Wildman–Crippen LogP) is 0.212. The lowest BCUT2D eigenvalue weighted by atomic mass is 10.4. The summed E-state index contributed by atoms with van der Waals surface area (Å²) in [6.07, 6.45) is 0.678. The van der Waals surface area contributed by atoms with Crippen LogP contribution in [0.4, 0.5) is 0 Å². The molecular formula is C9H11N3O2. The van der Waals surface area contributed by atoms with Crippen LogP contribution in [0.5, 0.6) is 0 Å². The van der Waals surface area contributed by atoms with Gasteiger partial charge in [-0.2, -0.15) is 0 Å². The van der Waals surface area contributed by atoms with E-state index in [0.29, 0.717) is 18.7 Å². The van der Waals surface area contributed by atoms with Crippen LogP contribution in [0, 0.1) is 0 Å². The van der Waals surface area contributed by atoms with Gasteiger partial charge in [0.1, 0.15) is 5.82 Å². The second-order valence-electron chi connectivity index (χ2n) is 2.97. The van der Waals surface area contributed by atoms with Crippen LogP contribution in [0.15, 0.2) is 23.0 Å². The Morgan fingerprint density at radius 3 is 3.14 bits per heavy atom. The van der Waals surface area contributed by atoms with Crippen LogP contribution in [0.3, 0.4) is 0 Å². The molecule has 0 bridgehead atoms. The van der Waals surface area contributed by atoms with Crippen molar-refractivity contribution in [3.05, 3.63) is 34.4 Å². The Morgan fingerprint density at radius 1 is 1.57 bits per heavy atom. The van der Waals surface area contributed by atoms with Gasteiger partial charge in [0.25, 0.3) is 5.56 Å². The van der Waals surface area contributed by atoms with Crippen molar-refractivity contribution in [1.82, 2.24) is 14.6 Å². The van der Waals surface area contributed by atoms with Gasteiger partial charge in [-0.25, -0.2) is 9.50 Å². The molecule has 5 heteroatoms. The highest BCUT2D eigenvalue weighted by molar-refractivity contribution is 5.36. The normalized spacial score (nSPS) is 10.9. The van der Waals surface area contributed by atoms with Gasteiger partial charge in [0.15, 0.2) is 5.65 Å². The minimum absolute atomic E-state index is 0.0985. The molecule has 0 aliphatic heterocycles. The third-order valence-corrected chi connectivity index (χ3v) is 1.97. The summed E-state index contributed by atoms with van der Waals surface area (Å²) in [5, 5.41) is 2.91. The number of hydrogen-bond acceptors (Lipinski definition) is 3. The molecule has 0 aliphatic carbocycles. The van der Waals surface area contributed by atoms with Gasteiger partial charge in [0.2, 0.25) is 0 Å². The Hall–Kier alpha value is -1.62. The van der Waals surface area contributed by atoms with Crippen LogP contribution in [0.25, 0.3) is 5.65 Å². The summed E-state index contributed by atoms with van der Waals surface area (Å²) in [7, 11) is 1.63. The van der Waals surface area contributed by atoms with Crippen molar-refractivity contribution in [2.75, 3.05) is 13.7 Å². The topological polar surface area (TPSA) is 59.4 Å². The van der Waals surface area contributed by atoms with Gasteiger partial charge in [-0.15, -0.1) is 0 Å². The van der Waals surface area contributed by atoms with Gasteiger partial charge >= 0.3 is 0 Å². The van der Waals surface area contributed by atoms with Gasteiger partial charge in [0.05, 0.1) is 6.61 Å². The van der Waals surface area contributed by atoms with E-state index in [1.54, 1.807) is 19.2 Å². The molecule has 0 saturated carbocycles. The molecule has 0 radical (unpaired) electrons. The van der Waals surface area contributed by atoms with Gasteiger partial charge in [-0.05, 0) is 6.07 Å². The first-order valence-electron chi connectivity index (χ1n) is 4.37. The molecular weight excluding hydrogens is 182 g/mol. The molecule has 2 aromatic rings.